The molecule has 0 bridgehead atoms. The van der Waals surface area contributed by atoms with E-state index in [2.05, 4.69) is 17.2 Å². The summed E-state index contributed by atoms with van der Waals surface area (Å²) in [4.78, 5) is 50.4. The smallest absolute Gasteiger partial charge is 0.332 e. The number of nitrogens with one attached hydrogen (secondary N) is 1. The minimum atomic E-state index is -0.700. The lowest BCUT2D eigenvalue weighted by Crippen LogP contribution is -2.40. The molecule has 2 aromatic carbocycles. The number of aromatic nitrogens is 3. The van der Waals surface area contributed by atoms with Gasteiger partial charge in [0, 0.05) is 31.3 Å². The van der Waals surface area contributed by atoms with Crippen LogP contribution in [0.15, 0.2) is 81.2 Å². The molecule has 2 aromatic heterocycles. The third-order valence-corrected chi connectivity index (χ3v) is 6.85. The topological polar surface area (TPSA) is 104 Å². The molecule has 4 aromatic rings. The third kappa shape index (κ3) is 7.24. The Kier molecular flexibility index (Phi) is 9.27. The van der Waals surface area contributed by atoms with Gasteiger partial charge in [0.2, 0.25) is 5.91 Å². The summed E-state index contributed by atoms with van der Waals surface area (Å²) in [5, 5.41) is 2.38. The van der Waals surface area contributed by atoms with Crippen LogP contribution in [-0.4, -0.2) is 26.7 Å². The molecule has 0 atom stereocenters. The Morgan fingerprint density at radius 3 is 2.49 bits per heavy atom. The van der Waals surface area contributed by atoms with Crippen LogP contribution < -0.4 is 26.9 Å². The van der Waals surface area contributed by atoms with Gasteiger partial charge in [-0.15, -0.1) is 0 Å². The normalized spacial score (nSPS) is 10.5. The van der Waals surface area contributed by atoms with Crippen LogP contribution in [-0.2, 0) is 31.4 Å². The Morgan fingerprint density at radius 2 is 1.78 bits per heavy atom. The molecule has 4 rings (SSSR count). The Labute approximate surface area is 241 Å². The van der Waals surface area contributed by atoms with E-state index in [-0.39, 0.29) is 29.4 Å². The highest BCUT2D eigenvalue weighted by molar-refractivity contribution is 6.32. The molecule has 0 aliphatic rings. The number of amides is 1. The number of pyridine rings is 1. The van der Waals surface area contributed by atoms with Crippen molar-refractivity contribution in [3.8, 4) is 17.6 Å². The average Bonchev–Trinajstić information content (AvgIpc) is 2.97. The fourth-order valence-corrected chi connectivity index (χ4v) is 4.37. The van der Waals surface area contributed by atoms with Gasteiger partial charge in [-0.2, -0.15) is 0 Å². The maximum absolute atomic E-state index is 12.8. The second kappa shape index (κ2) is 13.0. The van der Waals surface area contributed by atoms with E-state index in [9.17, 15) is 19.2 Å². The lowest BCUT2D eigenvalue weighted by molar-refractivity contribution is -0.116. The van der Waals surface area contributed by atoms with Gasteiger partial charge in [0.15, 0.2) is 0 Å². The SMILES string of the molecule is COc1ccn(Cc2cccc(C#CCn3c(Cl)c(NC(=O)CCc4ccc(C)cc4)c(=O)n(C)c3=O)c2)c(=O)c1. The van der Waals surface area contributed by atoms with Crippen molar-refractivity contribution >= 4 is 23.2 Å². The van der Waals surface area contributed by atoms with Gasteiger partial charge in [-0.05, 0) is 42.7 Å². The van der Waals surface area contributed by atoms with Crippen molar-refractivity contribution in [2.45, 2.75) is 32.9 Å². The standard InChI is InChI=1S/C31H29ClN4O5/c1-21-9-11-22(12-10-21)13-14-26(37)33-28-29(32)36(31(40)34(2)30(28)39)16-5-8-23-6-4-7-24(18-23)20-35-17-15-25(41-3)19-27(35)38/h4,6-7,9-12,15,17-19H,13-14,16,20H2,1-3H3,(H,33,37). The lowest BCUT2D eigenvalue weighted by Gasteiger charge is -2.13. The number of nitrogens with zero attached hydrogens (tertiary/aromatic N) is 3. The predicted octanol–water partition coefficient (Wildman–Crippen LogP) is 3.35. The molecule has 0 spiro atoms. The first-order valence-electron chi connectivity index (χ1n) is 12.8. The predicted molar refractivity (Wildman–Crippen MR) is 159 cm³/mol. The van der Waals surface area contributed by atoms with Crippen LogP contribution in [0, 0.1) is 18.8 Å². The fraction of sp³-hybridized carbons (Fsp3) is 0.226. The average molecular weight is 573 g/mol. The molecule has 10 heteroatoms. The number of hydrogen-bond donors (Lipinski definition) is 1. The van der Waals surface area contributed by atoms with Crippen LogP contribution in [0.3, 0.4) is 0 Å². The zero-order valence-electron chi connectivity index (χ0n) is 22.9. The summed E-state index contributed by atoms with van der Waals surface area (Å²) >= 11 is 6.43. The number of methoxy groups -OCH3 is 1. The van der Waals surface area contributed by atoms with E-state index in [0.29, 0.717) is 24.3 Å². The summed E-state index contributed by atoms with van der Waals surface area (Å²) in [6.45, 7) is 2.22. The van der Waals surface area contributed by atoms with Crippen molar-refractivity contribution < 1.29 is 9.53 Å². The molecule has 0 saturated heterocycles. The molecular formula is C31H29ClN4O5. The number of halogens is 1. The monoisotopic (exact) mass is 572 g/mol. The molecule has 0 saturated carbocycles. The number of carbonyl (C=O) groups excluding carboxylic acids is 1. The van der Waals surface area contributed by atoms with Crippen LogP contribution in [0.5, 0.6) is 5.75 Å². The first-order chi connectivity index (χ1) is 19.7. The van der Waals surface area contributed by atoms with Crippen molar-refractivity contribution in [1.82, 2.24) is 13.7 Å². The molecule has 0 aliphatic heterocycles. The van der Waals surface area contributed by atoms with Crippen molar-refractivity contribution in [3.05, 3.63) is 125 Å². The zero-order chi connectivity index (χ0) is 29.5. The van der Waals surface area contributed by atoms with Crippen molar-refractivity contribution in [1.29, 1.82) is 0 Å². The molecule has 41 heavy (non-hydrogen) atoms. The summed E-state index contributed by atoms with van der Waals surface area (Å²) in [5.74, 6) is 6.00. The van der Waals surface area contributed by atoms with Gasteiger partial charge >= 0.3 is 5.69 Å². The largest absolute Gasteiger partial charge is 0.497 e. The van der Waals surface area contributed by atoms with Gasteiger partial charge in [-0.1, -0.05) is 65.4 Å². The van der Waals surface area contributed by atoms with Gasteiger partial charge in [0.05, 0.1) is 20.2 Å². The molecule has 1 N–H and O–H groups in total. The van der Waals surface area contributed by atoms with E-state index >= 15 is 0 Å². The molecule has 2 heterocycles. The number of ether oxygens (including phenoxy) is 1. The van der Waals surface area contributed by atoms with Gasteiger partial charge < -0.3 is 14.6 Å². The lowest BCUT2D eigenvalue weighted by atomic mass is 10.1. The molecular weight excluding hydrogens is 544 g/mol. The Bertz CT molecular complexity index is 1830. The summed E-state index contributed by atoms with van der Waals surface area (Å²) in [6.07, 6.45) is 2.29. The molecule has 1 amide bonds. The van der Waals surface area contributed by atoms with Crippen LogP contribution in [0.1, 0.15) is 28.7 Å². The van der Waals surface area contributed by atoms with Crippen LogP contribution in [0.4, 0.5) is 5.69 Å². The van der Waals surface area contributed by atoms with Gasteiger partial charge in [0.25, 0.3) is 11.1 Å². The summed E-state index contributed by atoms with van der Waals surface area (Å²) < 4.78 is 8.65. The van der Waals surface area contributed by atoms with Crippen molar-refractivity contribution in [2.24, 2.45) is 7.05 Å². The highest BCUT2D eigenvalue weighted by Crippen LogP contribution is 2.16. The second-order valence-corrected chi connectivity index (χ2v) is 9.83. The van der Waals surface area contributed by atoms with E-state index in [1.807, 2.05) is 49.4 Å². The zero-order valence-corrected chi connectivity index (χ0v) is 23.7. The maximum atomic E-state index is 12.8. The van der Waals surface area contributed by atoms with E-state index in [1.165, 1.54) is 20.2 Å². The summed E-state index contributed by atoms with van der Waals surface area (Å²) in [6, 6.07) is 18.3. The minimum absolute atomic E-state index is 0.111. The first kappa shape index (κ1) is 29.2. The van der Waals surface area contributed by atoms with Crippen LogP contribution >= 0.6 is 11.6 Å². The molecule has 0 radical (unpaired) electrons. The maximum Gasteiger partial charge on any atom is 0.332 e. The Hall–Kier alpha value is -4.81. The number of aryl methyl sites for hydroxylation is 2. The summed E-state index contributed by atoms with van der Waals surface area (Å²) in [5.41, 5.74) is 1.93. The van der Waals surface area contributed by atoms with Gasteiger partial charge in [-0.3, -0.25) is 23.5 Å². The van der Waals surface area contributed by atoms with E-state index < -0.39 is 17.2 Å². The van der Waals surface area contributed by atoms with E-state index in [0.717, 1.165) is 25.8 Å². The quantitative estimate of drug-likeness (QED) is 0.258. The number of anilines is 1. The third-order valence-electron chi connectivity index (χ3n) is 6.46. The van der Waals surface area contributed by atoms with Gasteiger partial charge in [0.1, 0.15) is 16.6 Å². The van der Waals surface area contributed by atoms with E-state index in [1.54, 1.807) is 22.9 Å². The molecule has 0 fully saturated rings. The number of benzene rings is 2. The van der Waals surface area contributed by atoms with Crippen molar-refractivity contribution in [3.63, 3.8) is 0 Å². The molecule has 0 unspecified atom stereocenters. The number of hydrogen-bond acceptors (Lipinski definition) is 5. The number of rotatable bonds is 8. The molecule has 9 nitrogen and oxygen atoms in total. The van der Waals surface area contributed by atoms with Crippen LogP contribution in [0.2, 0.25) is 5.15 Å². The molecule has 0 aliphatic carbocycles. The second-order valence-electron chi connectivity index (χ2n) is 9.47. The number of carbonyl (C=O) groups is 1. The van der Waals surface area contributed by atoms with Crippen molar-refractivity contribution in [2.75, 3.05) is 12.4 Å². The van der Waals surface area contributed by atoms with Gasteiger partial charge in [-0.25, -0.2) is 4.79 Å². The Balaban J connectivity index is 1.49. The van der Waals surface area contributed by atoms with Crippen LogP contribution in [0.25, 0.3) is 0 Å². The Morgan fingerprint density at radius 1 is 1.02 bits per heavy atom. The molecule has 210 valence electrons. The highest BCUT2D eigenvalue weighted by Gasteiger charge is 2.18. The summed E-state index contributed by atoms with van der Waals surface area (Å²) in [7, 11) is 2.82. The fourth-order valence-electron chi connectivity index (χ4n) is 4.11. The highest BCUT2D eigenvalue weighted by atomic mass is 35.5. The minimum Gasteiger partial charge on any atom is -0.497 e. The first-order valence-corrected chi connectivity index (χ1v) is 13.2. The van der Waals surface area contributed by atoms with E-state index in [4.69, 9.17) is 16.3 Å².